The quantitative estimate of drug-likeness (QED) is 0.718. The topological polar surface area (TPSA) is 87.2 Å². The molecule has 1 aliphatic heterocycles. The molecule has 1 aliphatic carbocycles. The summed E-state index contributed by atoms with van der Waals surface area (Å²) in [6.07, 6.45) is 8.85. The van der Waals surface area contributed by atoms with Crippen molar-refractivity contribution >= 4 is 17.1 Å². The maximum absolute atomic E-state index is 13.3. The lowest BCUT2D eigenvalue weighted by Gasteiger charge is -2.23. The lowest BCUT2D eigenvalue weighted by Crippen LogP contribution is -2.37. The number of aromatic nitrogens is 4. The molecule has 3 aromatic heterocycles. The Labute approximate surface area is 156 Å². The van der Waals surface area contributed by atoms with Crippen LogP contribution in [0.25, 0.3) is 16.9 Å². The molecule has 134 valence electrons. The van der Waals surface area contributed by atoms with Crippen molar-refractivity contribution in [1.82, 2.24) is 19.6 Å². The van der Waals surface area contributed by atoms with Crippen molar-refractivity contribution in [3.05, 3.63) is 43.0 Å². The van der Waals surface area contributed by atoms with Crippen LogP contribution in [0.3, 0.4) is 0 Å². The highest BCUT2D eigenvalue weighted by atomic mass is 16.2. The number of carbonyl (C=O) groups is 1. The van der Waals surface area contributed by atoms with Crippen molar-refractivity contribution in [3.63, 3.8) is 0 Å². The van der Waals surface area contributed by atoms with Crippen molar-refractivity contribution in [2.24, 2.45) is 17.3 Å². The Morgan fingerprint density at radius 2 is 2.04 bits per heavy atom. The highest BCUT2D eigenvalue weighted by Gasteiger charge is 2.61. The molecule has 0 radical (unpaired) electrons. The zero-order valence-electron chi connectivity index (χ0n) is 14.9. The Morgan fingerprint density at radius 1 is 1.26 bits per heavy atom. The summed E-state index contributed by atoms with van der Waals surface area (Å²) >= 11 is 0. The predicted octanol–water partition coefficient (Wildman–Crippen LogP) is 2.69. The molecular formula is C20H18N6O. The summed E-state index contributed by atoms with van der Waals surface area (Å²) in [6, 6.07) is 7.94. The van der Waals surface area contributed by atoms with Crippen LogP contribution in [0.5, 0.6) is 0 Å². The Kier molecular flexibility index (Phi) is 3.31. The van der Waals surface area contributed by atoms with Crippen molar-refractivity contribution in [1.29, 1.82) is 5.26 Å². The monoisotopic (exact) mass is 358 g/mol. The van der Waals surface area contributed by atoms with E-state index in [2.05, 4.69) is 21.1 Å². The van der Waals surface area contributed by atoms with Gasteiger partial charge in [-0.15, -0.1) is 0 Å². The number of hydrogen-bond donors (Lipinski definition) is 0. The zero-order valence-corrected chi connectivity index (χ0v) is 14.9. The molecule has 1 saturated heterocycles. The highest BCUT2D eigenvalue weighted by molar-refractivity contribution is 6.05. The summed E-state index contributed by atoms with van der Waals surface area (Å²) in [5, 5.41) is 14.2. The van der Waals surface area contributed by atoms with Crippen molar-refractivity contribution < 1.29 is 4.79 Å². The van der Waals surface area contributed by atoms with Crippen LogP contribution < -0.4 is 4.90 Å². The van der Waals surface area contributed by atoms with Gasteiger partial charge in [0.2, 0.25) is 5.91 Å². The Hall–Kier alpha value is -3.27. The van der Waals surface area contributed by atoms with E-state index in [-0.39, 0.29) is 17.7 Å². The highest BCUT2D eigenvalue weighted by Crippen LogP contribution is 2.54. The van der Waals surface area contributed by atoms with Crippen LogP contribution in [0.4, 0.5) is 5.69 Å². The average Bonchev–Trinajstić information content (AvgIpc) is 3.39. The SMILES string of the molecule is C[C@@H]1CN(c2ccnn3cc(-c4ncccn4)cc23)C(=O)[C@]1(C#N)C1CC1. The molecule has 2 fully saturated rings. The van der Waals surface area contributed by atoms with Gasteiger partial charge in [0.15, 0.2) is 5.82 Å². The van der Waals surface area contributed by atoms with Gasteiger partial charge in [-0.05, 0) is 37.0 Å². The van der Waals surface area contributed by atoms with Gasteiger partial charge in [-0.2, -0.15) is 10.4 Å². The summed E-state index contributed by atoms with van der Waals surface area (Å²) in [5.41, 5.74) is 1.54. The molecule has 2 atom stereocenters. The summed E-state index contributed by atoms with van der Waals surface area (Å²) in [4.78, 5) is 23.7. The first kappa shape index (κ1) is 15.9. The lowest BCUT2D eigenvalue weighted by atomic mass is 9.75. The van der Waals surface area contributed by atoms with E-state index in [9.17, 15) is 10.1 Å². The van der Waals surface area contributed by atoms with Gasteiger partial charge in [0.1, 0.15) is 5.41 Å². The van der Waals surface area contributed by atoms with Gasteiger partial charge >= 0.3 is 0 Å². The molecule has 4 heterocycles. The van der Waals surface area contributed by atoms with E-state index >= 15 is 0 Å². The normalized spacial score (nSPS) is 25.1. The second kappa shape index (κ2) is 5.61. The van der Waals surface area contributed by atoms with Crippen molar-refractivity contribution in [2.75, 3.05) is 11.4 Å². The van der Waals surface area contributed by atoms with E-state index in [1.807, 2.05) is 25.3 Å². The number of nitriles is 1. The standard InChI is InChI=1S/C20H18N6O/c1-13-10-25(19(27)20(13,12-21)15-3-4-15)16-5-8-24-26-11-14(9-17(16)26)18-22-6-2-7-23-18/h2,5-9,11,13,15H,3-4,10H2,1H3/t13-,20+/m1/s1. The molecule has 0 aromatic carbocycles. The summed E-state index contributed by atoms with van der Waals surface area (Å²) in [6.45, 7) is 2.56. The van der Waals surface area contributed by atoms with E-state index in [1.165, 1.54) is 0 Å². The predicted molar refractivity (Wildman–Crippen MR) is 98.5 cm³/mol. The van der Waals surface area contributed by atoms with E-state index in [1.54, 1.807) is 34.1 Å². The third-order valence-electron chi connectivity index (χ3n) is 5.84. The van der Waals surface area contributed by atoms with Crippen molar-refractivity contribution in [2.45, 2.75) is 19.8 Å². The van der Waals surface area contributed by atoms with Gasteiger partial charge in [0.05, 0.1) is 17.3 Å². The second-order valence-electron chi connectivity index (χ2n) is 7.42. The fraction of sp³-hybridized carbons (Fsp3) is 0.350. The number of rotatable bonds is 3. The van der Waals surface area contributed by atoms with E-state index in [0.29, 0.717) is 12.4 Å². The molecule has 27 heavy (non-hydrogen) atoms. The van der Waals surface area contributed by atoms with Gasteiger partial charge in [0.25, 0.3) is 0 Å². The Balaban J connectivity index is 1.61. The Bertz CT molecular complexity index is 1080. The molecule has 7 nitrogen and oxygen atoms in total. The van der Waals surface area contributed by atoms with Crippen LogP contribution in [0.15, 0.2) is 43.0 Å². The summed E-state index contributed by atoms with van der Waals surface area (Å²) in [5.74, 6) is 0.724. The van der Waals surface area contributed by atoms with Crippen LogP contribution in [-0.2, 0) is 4.79 Å². The average molecular weight is 358 g/mol. The fourth-order valence-corrected chi connectivity index (χ4v) is 4.31. The van der Waals surface area contributed by atoms with Crippen LogP contribution in [0.1, 0.15) is 19.8 Å². The molecular weight excluding hydrogens is 340 g/mol. The molecule has 0 unspecified atom stereocenters. The van der Waals surface area contributed by atoms with Gasteiger partial charge < -0.3 is 4.90 Å². The molecule has 7 heteroatoms. The third kappa shape index (κ3) is 2.19. The molecule has 5 rings (SSSR count). The maximum Gasteiger partial charge on any atom is 0.248 e. The largest absolute Gasteiger partial charge is 0.309 e. The Morgan fingerprint density at radius 3 is 2.74 bits per heavy atom. The van der Waals surface area contributed by atoms with Gasteiger partial charge in [-0.25, -0.2) is 14.5 Å². The first-order valence-electron chi connectivity index (χ1n) is 9.13. The van der Waals surface area contributed by atoms with Gasteiger partial charge in [0, 0.05) is 42.8 Å². The molecule has 1 saturated carbocycles. The number of amides is 1. The zero-order chi connectivity index (χ0) is 18.6. The molecule has 0 N–H and O–H groups in total. The third-order valence-corrected chi connectivity index (χ3v) is 5.84. The van der Waals surface area contributed by atoms with Gasteiger partial charge in [-0.1, -0.05) is 6.92 Å². The van der Waals surface area contributed by atoms with Gasteiger partial charge in [-0.3, -0.25) is 4.79 Å². The molecule has 0 bridgehead atoms. The van der Waals surface area contributed by atoms with Crippen LogP contribution in [-0.4, -0.2) is 32.0 Å². The van der Waals surface area contributed by atoms with Crippen LogP contribution in [0, 0.1) is 28.6 Å². The number of carbonyl (C=O) groups excluding carboxylic acids is 1. The first-order valence-corrected chi connectivity index (χ1v) is 9.13. The molecule has 2 aliphatic rings. The maximum atomic E-state index is 13.3. The summed E-state index contributed by atoms with van der Waals surface area (Å²) < 4.78 is 1.74. The fourth-order valence-electron chi connectivity index (χ4n) is 4.31. The van der Waals surface area contributed by atoms with E-state index < -0.39 is 5.41 Å². The number of nitrogens with zero attached hydrogens (tertiary/aromatic N) is 6. The van der Waals surface area contributed by atoms with Crippen molar-refractivity contribution in [3.8, 4) is 17.5 Å². The number of fused-ring (bicyclic) bond motifs is 1. The lowest BCUT2D eigenvalue weighted by molar-refractivity contribution is -0.124. The minimum Gasteiger partial charge on any atom is -0.309 e. The van der Waals surface area contributed by atoms with Crippen LogP contribution in [0.2, 0.25) is 0 Å². The number of anilines is 1. The minimum atomic E-state index is -0.891. The molecule has 1 amide bonds. The molecule has 3 aromatic rings. The minimum absolute atomic E-state index is 0.00241. The number of hydrogen-bond acceptors (Lipinski definition) is 5. The first-order chi connectivity index (χ1) is 13.1. The van der Waals surface area contributed by atoms with E-state index in [4.69, 9.17) is 0 Å². The second-order valence-corrected chi connectivity index (χ2v) is 7.42. The van der Waals surface area contributed by atoms with Crippen LogP contribution >= 0.6 is 0 Å². The smallest absolute Gasteiger partial charge is 0.248 e. The molecule has 0 spiro atoms. The summed E-state index contributed by atoms with van der Waals surface area (Å²) in [7, 11) is 0. The van der Waals surface area contributed by atoms with E-state index in [0.717, 1.165) is 29.6 Å².